The highest BCUT2D eigenvalue weighted by molar-refractivity contribution is 5.97. The molecule has 0 saturated heterocycles. The van der Waals surface area contributed by atoms with Crippen molar-refractivity contribution in [2.24, 2.45) is 0 Å². The first-order valence-electron chi connectivity index (χ1n) is 13.0. The second-order valence-electron chi connectivity index (χ2n) is 9.32. The summed E-state index contributed by atoms with van der Waals surface area (Å²) in [6, 6.07) is 13.3. The van der Waals surface area contributed by atoms with E-state index in [4.69, 9.17) is 29.4 Å². The topological polar surface area (TPSA) is 156 Å². The number of amides is 1. The Kier molecular flexibility index (Phi) is 8.37. The molecule has 0 bridgehead atoms. The number of anilines is 3. The van der Waals surface area contributed by atoms with Gasteiger partial charge >= 0.3 is 12.0 Å². The van der Waals surface area contributed by atoms with Gasteiger partial charge in [-0.3, -0.25) is 4.79 Å². The molecule has 13 heteroatoms. The van der Waals surface area contributed by atoms with Crippen molar-refractivity contribution in [1.82, 2.24) is 19.9 Å². The summed E-state index contributed by atoms with van der Waals surface area (Å²) in [4.78, 5) is 32.3. The van der Waals surface area contributed by atoms with Gasteiger partial charge in [-0.2, -0.15) is 9.97 Å². The van der Waals surface area contributed by atoms with Crippen LogP contribution in [-0.2, 0) is 24.3 Å². The van der Waals surface area contributed by atoms with Crippen LogP contribution >= 0.6 is 0 Å². The van der Waals surface area contributed by atoms with Gasteiger partial charge in [-0.15, -0.1) is 0 Å². The van der Waals surface area contributed by atoms with Crippen LogP contribution in [0.2, 0.25) is 0 Å². The van der Waals surface area contributed by atoms with E-state index in [9.17, 15) is 4.79 Å². The van der Waals surface area contributed by atoms with Gasteiger partial charge in [0.05, 0.1) is 64.0 Å². The van der Waals surface area contributed by atoms with Gasteiger partial charge in [0, 0.05) is 30.1 Å². The van der Waals surface area contributed by atoms with E-state index in [0.29, 0.717) is 48.4 Å². The molecule has 1 aliphatic heterocycles. The highest BCUT2D eigenvalue weighted by Crippen LogP contribution is 2.35. The van der Waals surface area contributed by atoms with Crippen LogP contribution in [0, 0.1) is 0 Å². The van der Waals surface area contributed by atoms with Gasteiger partial charge in [0.1, 0.15) is 5.75 Å². The molecule has 3 N–H and O–H groups in total. The minimum absolute atomic E-state index is 0.198. The molecule has 5 rings (SSSR count). The summed E-state index contributed by atoms with van der Waals surface area (Å²) in [5.74, 6) is 1.12. The van der Waals surface area contributed by atoms with E-state index in [1.807, 2.05) is 30.3 Å². The number of para-hydroxylation sites is 2. The van der Waals surface area contributed by atoms with Crippen LogP contribution in [0.1, 0.15) is 16.7 Å². The summed E-state index contributed by atoms with van der Waals surface area (Å²) in [7, 11) is 6.06. The molecule has 1 amide bonds. The number of nitrogen functional groups attached to an aromatic ring is 1. The summed E-state index contributed by atoms with van der Waals surface area (Å²) in [6.07, 6.45) is 3.00. The molecule has 0 spiro atoms. The molecule has 4 aromatic rings. The third kappa shape index (κ3) is 6.04. The van der Waals surface area contributed by atoms with Crippen molar-refractivity contribution < 1.29 is 28.5 Å². The van der Waals surface area contributed by atoms with Crippen molar-refractivity contribution in [2.75, 3.05) is 44.4 Å². The van der Waals surface area contributed by atoms with E-state index in [-0.39, 0.29) is 17.9 Å². The van der Waals surface area contributed by atoms with Crippen LogP contribution in [0.25, 0.3) is 0 Å². The average molecular weight is 574 g/mol. The summed E-state index contributed by atoms with van der Waals surface area (Å²) in [6.45, 7) is 0.721. The van der Waals surface area contributed by atoms with E-state index >= 15 is 0 Å². The number of aromatic nitrogens is 4. The standard InChI is InChI=1S/C29H31N7O6/c1-38-26-18(13-31-28(34-26)40-3)15-36(16-19-14-32-29(41-4)35-27(19)39-2)20-9-10-23-17(11-20)12-24(42-23)25(37)33-22-8-6-5-7-21(22)30/h5-11,13-14,24H,12,15-16,30H2,1-4H3,(H,33,37). The Bertz CT molecular complexity index is 1530. The first-order valence-corrected chi connectivity index (χ1v) is 13.0. The van der Waals surface area contributed by atoms with Gasteiger partial charge in [0.15, 0.2) is 6.10 Å². The zero-order valence-corrected chi connectivity index (χ0v) is 23.7. The van der Waals surface area contributed by atoms with Crippen molar-refractivity contribution in [2.45, 2.75) is 25.6 Å². The lowest BCUT2D eigenvalue weighted by Gasteiger charge is -2.26. The predicted octanol–water partition coefficient (Wildman–Crippen LogP) is 3.03. The third-order valence-corrected chi connectivity index (χ3v) is 6.67. The molecule has 1 unspecified atom stereocenters. The lowest BCUT2D eigenvalue weighted by Crippen LogP contribution is -2.31. The molecule has 2 aromatic heterocycles. The maximum Gasteiger partial charge on any atom is 0.319 e. The number of benzene rings is 2. The number of fused-ring (bicyclic) bond motifs is 1. The molecule has 0 aliphatic carbocycles. The maximum absolute atomic E-state index is 13.0. The molecule has 0 radical (unpaired) electrons. The van der Waals surface area contributed by atoms with Gasteiger partial charge in [0.2, 0.25) is 11.8 Å². The van der Waals surface area contributed by atoms with Crippen LogP contribution in [0.3, 0.4) is 0 Å². The fraction of sp³-hybridized carbons (Fsp3) is 0.276. The molecule has 2 aromatic carbocycles. The number of hydrogen-bond acceptors (Lipinski definition) is 12. The Balaban J connectivity index is 1.43. The van der Waals surface area contributed by atoms with Crippen LogP contribution in [-0.4, -0.2) is 60.4 Å². The molecular formula is C29H31N7O6. The number of hydrogen-bond donors (Lipinski definition) is 2. The molecule has 1 aliphatic rings. The Labute approximate surface area is 242 Å². The van der Waals surface area contributed by atoms with E-state index in [1.165, 1.54) is 28.4 Å². The molecule has 3 heterocycles. The van der Waals surface area contributed by atoms with Gasteiger partial charge in [0.25, 0.3) is 5.91 Å². The van der Waals surface area contributed by atoms with Gasteiger partial charge in [-0.1, -0.05) is 12.1 Å². The number of nitrogens with one attached hydrogen (secondary N) is 1. The number of nitrogens with two attached hydrogens (primary N) is 1. The number of carbonyl (C=O) groups excluding carboxylic acids is 1. The SMILES string of the molecule is COc1ncc(CN(Cc2cnc(OC)nc2OC)c2ccc3c(c2)CC(C(=O)Nc2ccccc2N)O3)c(OC)n1. The third-order valence-electron chi connectivity index (χ3n) is 6.67. The van der Waals surface area contributed by atoms with Crippen molar-refractivity contribution in [3.63, 3.8) is 0 Å². The maximum atomic E-state index is 13.0. The highest BCUT2D eigenvalue weighted by Gasteiger charge is 2.30. The molecule has 0 fully saturated rings. The first kappa shape index (κ1) is 28.2. The quantitative estimate of drug-likeness (QED) is 0.253. The van der Waals surface area contributed by atoms with E-state index in [0.717, 1.165) is 22.4 Å². The number of nitrogens with zero attached hydrogens (tertiary/aromatic N) is 5. The Morgan fingerprint density at radius 3 is 2.12 bits per heavy atom. The molecular weight excluding hydrogens is 542 g/mol. The fourth-order valence-electron chi connectivity index (χ4n) is 4.57. The van der Waals surface area contributed by atoms with Crippen LogP contribution < -0.4 is 39.6 Å². The molecule has 1 atom stereocenters. The zero-order chi connectivity index (χ0) is 29.6. The monoisotopic (exact) mass is 573 g/mol. The normalized spacial score (nSPS) is 13.5. The summed E-state index contributed by atoms with van der Waals surface area (Å²) >= 11 is 0. The molecule has 13 nitrogen and oxygen atoms in total. The Hall–Kier alpha value is -5.33. The second kappa shape index (κ2) is 12.5. The fourth-order valence-corrected chi connectivity index (χ4v) is 4.57. The highest BCUT2D eigenvalue weighted by atomic mass is 16.5. The Morgan fingerprint density at radius 1 is 0.929 bits per heavy atom. The summed E-state index contributed by atoms with van der Waals surface area (Å²) < 4.78 is 27.4. The number of rotatable bonds is 11. The smallest absolute Gasteiger partial charge is 0.319 e. The number of carbonyl (C=O) groups is 1. The Morgan fingerprint density at radius 2 is 1.55 bits per heavy atom. The lowest BCUT2D eigenvalue weighted by atomic mass is 10.1. The largest absolute Gasteiger partial charge is 0.481 e. The van der Waals surface area contributed by atoms with Gasteiger partial charge in [-0.25, -0.2) is 9.97 Å². The summed E-state index contributed by atoms with van der Waals surface area (Å²) in [5.41, 5.74) is 10.2. The van der Waals surface area contributed by atoms with Crippen LogP contribution in [0.15, 0.2) is 54.9 Å². The number of methoxy groups -OCH3 is 4. The summed E-state index contributed by atoms with van der Waals surface area (Å²) in [5, 5.41) is 2.86. The van der Waals surface area contributed by atoms with Crippen LogP contribution in [0.5, 0.6) is 29.5 Å². The lowest BCUT2D eigenvalue weighted by molar-refractivity contribution is -0.122. The van der Waals surface area contributed by atoms with E-state index < -0.39 is 6.10 Å². The van der Waals surface area contributed by atoms with Crippen molar-refractivity contribution in [1.29, 1.82) is 0 Å². The predicted molar refractivity (Wildman–Crippen MR) is 154 cm³/mol. The second-order valence-corrected chi connectivity index (χ2v) is 9.32. The molecule has 42 heavy (non-hydrogen) atoms. The van der Waals surface area contributed by atoms with Gasteiger partial charge < -0.3 is 39.6 Å². The minimum Gasteiger partial charge on any atom is -0.481 e. The van der Waals surface area contributed by atoms with Gasteiger partial charge in [-0.05, 0) is 30.3 Å². The van der Waals surface area contributed by atoms with E-state index in [2.05, 4.69) is 30.2 Å². The van der Waals surface area contributed by atoms with Crippen molar-refractivity contribution in [3.05, 3.63) is 71.5 Å². The number of ether oxygens (including phenoxy) is 5. The average Bonchev–Trinajstić information content (AvgIpc) is 3.46. The van der Waals surface area contributed by atoms with Crippen LogP contribution in [0.4, 0.5) is 17.1 Å². The first-order chi connectivity index (χ1) is 20.4. The zero-order valence-electron chi connectivity index (χ0n) is 23.7. The van der Waals surface area contributed by atoms with Crippen molar-refractivity contribution >= 4 is 23.0 Å². The molecule has 218 valence electrons. The minimum atomic E-state index is -0.700. The molecule has 0 saturated carbocycles. The van der Waals surface area contributed by atoms with E-state index in [1.54, 1.807) is 24.5 Å². The van der Waals surface area contributed by atoms with Crippen molar-refractivity contribution in [3.8, 4) is 29.5 Å².